The normalized spacial score (nSPS) is 27.3. The Kier molecular flexibility index (Phi) is 10.8. The Balaban J connectivity index is 1.20. The summed E-state index contributed by atoms with van der Waals surface area (Å²) in [6.07, 6.45) is 34.7. The second kappa shape index (κ2) is 13.9. The van der Waals surface area contributed by atoms with Crippen LogP contribution in [0.1, 0.15) is 109 Å². The van der Waals surface area contributed by atoms with Crippen molar-refractivity contribution in [1.29, 1.82) is 0 Å². The molecular formula is C28H44O2. The van der Waals surface area contributed by atoms with Gasteiger partial charge in [-0.15, -0.1) is 0 Å². The van der Waals surface area contributed by atoms with Crippen molar-refractivity contribution in [2.45, 2.75) is 115 Å². The summed E-state index contributed by atoms with van der Waals surface area (Å²) in [5.41, 5.74) is 0. The lowest BCUT2D eigenvalue weighted by atomic mass is 9.73. The number of hydrogen-bond acceptors (Lipinski definition) is 2. The number of allylic oxidation sites excluding steroid dienone is 5. The van der Waals surface area contributed by atoms with E-state index in [0.717, 1.165) is 49.9 Å². The van der Waals surface area contributed by atoms with Crippen LogP contribution >= 0.6 is 0 Å². The van der Waals surface area contributed by atoms with Gasteiger partial charge < -0.3 is 4.74 Å². The van der Waals surface area contributed by atoms with Gasteiger partial charge in [-0.05, 0) is 75.5 Å². The molecule has 0 bridgehead atoms. The summed E-state index contributed by atoms with van der Waals surface area (Å²) < 4.78 is 5.70. The number of rotatable bonds is 9. The molecule has 2 nitrogen and oxygen atoms in total. The molecule has 0 aromatic heterocycles. The Bertz CT molecular complexity index is 553. The third-order valence-corrected chi connectivity index (χ3v) is 7.59. The second-order valence-corrected chi connectivity index (χ2v) is 9.92. The van der Waals surface area contributed by atoms with E-state index in [1.54, 1.807) is 6.08 Å². The lowest BCUT2D eigenvalue weighted by molar-refractivity contribution is -0.145. The molecule has 0 saturated heterocycles. The van der Waals surface area contributed by atoms with Gasteiger partial charge in [-0.2, -0.15) is 0 Å². The SMILES string of the molecule is O=C(/C=C/CCC/C=C/C=C/C1CCCCC1)OC1CCC(C2CCCCC2)CC1. The predicted molar refractivity (Wildman–Crippen MR) is 126 cm³/mol. The number of carbonyl (C=O) groups excluding carboxylic acids is 1. The quantitative estimate of drug-likeness (QED) is 0.165. The molecule has 3 rings (SSSR count). The van der Waals surface area contributed by atoms with Crippen molar-refractivity contribution in [3.8, 4) is 0 Å². The maximum atomic E-state index is 12.1. The van der Waals surface area contributed by atoms with Crippen molar-refractivity contribution in [2.75, 3.05) is 0 Å². The van der Waals surface area contributed by atoms with Gasteiger partial charge in [-0.3, -0.25) is 0 Å². The van der Waals surface area contributed by atoms with Crippen LogP contribution < -0.4 is 0 Å². The van der Waals surface area contributed by atoms with Gasteiger partial charge in [-0.1, -0.05) is 81.7 Å². The fourth-order valence-corrected chi connectivity index (χ4v) is 5.74. The first kappa shape index (κ1) is 23.4. The molecule has 3 saturated carbocycles. The van der Waals surface area contributed by atoms with Gasteiger partial charge in [-0.25, -0.2) is 4.79 Å². The van der Waals surface area contributed by atoms with E-state index >= 15 is 0 Å². The highest BCUT2D eigenvalue weighted by atomic mass is 16.5. The molecule has 0 heterocycles. The summed E-state index contributed by atoms with van der Waals surface area (Å²) in [6, 6.07) is 0. The van der Waals surface area contributed by atoms with E-state index in [4.69, 9.17) is 4.74 Å². The summed E-state index contributed by atoms with van der Waals surface area (Å²) in [5.74, 6) is 2.51. The highest BCUT2D eigenvalue weighted by Crippen LogP contribution is 2.38. The molecule has 0 aliphatic heterocycles. The summed E-state index contributed by atoms with van der Waals surface area (Å²) in [5, 5.41) is 0. The van der Waals surface area contributed by atoms with Crippen LogP contribution in [0, 0.1) is 17.8 Å². The first-order valence-electron chi connectivity index (χ1n) is 13.0. The molecule has 3 aliphatic rings. The Hall–Kier alpha value is -1.31. The van der Waals surface area contributed by atoms with Gasteiger partial charge in [0.05, 0.1) is 0 Å². The van der Waals surface area contributed by atoms with Crippen LogP contribution in [0.4, 0.5) is 0 Å². The van der Waals surface area contributed by atoms with Gasteiger partial charge in [0.1, 0.15) is 6.10 Å². The fraction of sp³-hybridized carbons (Fsp3) is 0.750. The van der Waals surface area contributed by atoms with Crippen LogP contribution in [0.5, 0.6) is 0 Å². The highest BCUT2D eigenvalue weighted by molar-refractivity contribution is 5.82. The molecule has 0 radical (unpaired) electrons. The monoisotopic (exact) mass is 412 g/mol. The van der Waals surface area contributed by atoms with Crippen molar-refractivity contribution in [1.82, 2.24) is 0 Å². The van der Waals surface area contributed by atoms with Crippen LogP contribution in [-0.2, 0) is 9.53 Å². The smallest absolute Gasteiger partial charge is 0.330 e. The lowest BCUT2D eigenvalue weighted by Crippen LogP contribution is -2.28. The summed E-state index contributed by atoms with van der Waals surface area (Å²) >= 11 is 0. The fourth-order valence-electron chi connectivity index (χ4n) is 5.74. The number of esters is 1. The van der Waals surface area contributed by atoms with Gasteiger partial charge >= 0.3 is 5.97 Å². The molecule has 168 valence electrons. The van der Waals surface area contributed by atoms with Gasteiger partial charge in [0, 0.05) is 6.08 Å². The molecule has 2 heteroatoms. The van der Waals surface area contributed by atoms with Crippen molar-refractivity contribution < 1.29 is 9.53 Å². The van der Waals surface area contributed by atoms with Crippen LogP contribution in [0.25, 0.3) is 0 Å². The topological polar surface area (TPSA) is 26.3 Å². The third kappa shape index (κ3) is 8.82. The van der Waals surface area contributed by atoms with Crippen LogP contribution in [0.15, 0.2) is 36.5 Å². The van der Waals surface area contributed by atoms with E-state index < -0.39 is 0 Å². The Morgan fingerprint density at radius 3 is 2.07 bits per heavy atom. The average Bonchev–Trinajstić information content (AvgIpc) is 2.80. The first-order chi connectivity index (χ1) is 14.8. The molecule has 0 amide bonds. The van der Waals surface area contributed by atoms with E-state index in [2.05, 4.69) is 24.3 Å². The van der Waals surface area contributed by atoms with Crippen molar-refractivity contribution >= 4 is 5.97 Å². The highest BCUT2D eigenvalue weighted by Gasteiger charge is 2.29. The molecule has 3 fully saturated rings. The lowest BCUT2D eigenvalue weighted by Gasteiger charge is -2.35. The van der Waals surface area contributed by atoms with E-state index in [0.29, 0.717) is 0 Å². The minimum Gasteiger partial charge on any atom is -0.459 e. The molecule has 0 atom stereocenters. The zero-order valence-corrected chi connectivity index (χ0v) is 19.1. The maximum absolute atomic E-state index is 12.1. The van der Waals surface area contributed by atoms with Crippen molar-refractivity contribution in [3.63, 3.8) is 0 Å². The summed E-state index contributed by atoms with van der Waals surface area (Å²) in [7, 11) is 0. The molecule has 0 spiro atoms. The molecule has 30 heavy (non-hydrogen) atoms. The third-order valence-electron chi connectivity index (χ3n) is 7.59. The standard InChI is InChI=1S/C28H44O2/c29-28(30-27-22-20-26(21-23-27)25-17-11-7-12-18-25)19-13-5-3-1-2-4-8-14-24-15-9-6-10-16-24/h2,4,8,13-14,19,24-27H,1,3,5-7,9-12,15-18,20-23H2/b4-2+,14-8+,19-13+. The van der Waals surface area contributed by atoms with Crippen LogP contribution in [-0.4, -0.2) is 12.1 Å². The van der Waals surface area contributed by atoms with E-state index in [-0.39, 0.29) is 12.1 Å². The molecule has 0 aromatic carbocycles. The second-order valence-electron chi connectivity index (χ2n) is 9.92. The van der Waals surface area contributed by atoms with E-state index in [9.17, 15) is 4.79 Å². The minimum atomic E-state index is -0.137. The Morgan fingerprint density at radius 1 is 0.700 bits per heavy atom. The van der Waals surface area contributed by atoms with Gasteiger partial charge in [0.25, 0.3) is 0 Å². The minimum absolute atomic E-state index is 0.137. The van der Waals surface area contributed by atoms with Gasteiger partial charge in [0.15, 0.2) is 0 Å². The maximum Gasteiger partial charge on any atom is 0.330 e. The number of unbranched alkanes of at least 4 members (excludes halogenated alkanes) is 2. The molecule has 0 aromatic rings. The van der Waals surface area contributed by atoms with E-state index in [1.165, 1.54) is 77.0 Å². The van der Waals surface area contributed by atoms with Crippen molar-refractivity contribution in [2.24, 2.45) is 17.8 Å². The largest absolute Gasteiger partial charge is 0.459 e. The Morgan fingerprint density at radius 2 is 1.33 bits per heavy atom. The molecule has 0 unspecified atom stereocenters. The van der Waals surface area contributed by atoms with E-state index in [1.807, 2.05) is 6.08 Å². The predicted octanol–water partition coefficient (Wildman–Crippen LogP) is 8.09. The summed E-state index contributed by atoms with van der Waals surface area (Å²) in [4.78, 5) is 12.1. The zero-order valence-electron chi connectivity index (χ0n) is 19.1. The molecular weight excluding hydrogens is 368 g/mol. The Labute approximate surface area is 185 Å². The zero-order chi connectivity index (χ0) is 20.9. The van der Waals surface area contributed by atoms with Crippen LogP contribution in [0.2, 0.25) is 0 Å². The number of carbonyl (C=O) groups is 1. The summed E-state index contributed by atoms with van der Waals surface area (Å²) in [6.45, 7) is 0. The van der Waals surface area contributed by atoms with Gasteiger partial charge in [0.2, 0.25) is 0 Å². The number of ether oxygens (including phenoxy) is 1. The molecule has 3 aliphatic carbocycles. The number of hydrogen-bond donors (Lipinski definition) is 0. The average molecular weight is 413 g/mol. The van der Waals surface area contributed by atoms with Crippen LogP contribution in [0.3, 0.4) is 0 Å². The molecule has 0 N–H and O–H groups in total. The van der Waals surface area contributed by atoms with Crippen molar-refractivity contribution in [3.05, 3.63) is 36.5 Å². The first-order valence-corrected chi connectivity index (χ1v) is 13.0.